The number of pyridine rings is 1. The van der Waals surface area contributed by atoms with E-state index in [9.17, 15) is 10.1 Å². The predicted molar refractivity (Wildman–Crippen MR) is 122 cm³/mol. The van der Waals surface area contributed by atoms with Gasteiger partial charge in [0.05, 0.1) is 40.8 Å². The summed E-state index contributed by atoms with van der Waals surface area (Å²) in [5.41, 5.74) is 2.78. The molecule has 0 radical (unpaired) electrons. The van der Waals surface area contributed by atoms with Gasteiger partial charge >= 0.3 is 0 Å². The van der Waals surface area contributed by atoms with E-state index in [0.717, 1.165) is 49.4 Å². The second kappa shape index (κ2) is 9.57. The molecule has 5 rings (SSSR count). The highest BCUT2D eigenvalue weighted by Gasteiger charge is 2.20. The molecule has 0 atom stereocenters. The summed E-state index contributed by atoms with van der Waals surface area (Å²) >= 11 is 0. The van der Waals surface area contributed by atoms with Crippen molar-refractivity contribution in [2.24, 2.45) is 0 Å². The summed E-state index contributed by atoms with van der Waals surface area (Å²) in [4.78, 5) is 23.5. The number of hydrogen-bond acceptors (Lipinski definition) is 8. The molecule has 1 saturated heterocycles. The average molecular weight is 447 g/mol. The molecular formula is C24H26N6O3. The summed E-state index contributed by atoms with van der Waals surface area (Å²) in [6.45, 7) is 5.13. The lowest BCUT2D eigenvalue weighted by molar-refractivity contribution is 0.170. The Kier molecular flexibility index (Phi) is 6.19. The third-order valence-corrected chi connectivity index (χ3v) is 6.26. The van der Waals surface area contributed by atoms with Crippen molar-refractivity contribution < 1.29 is 9.47 Å². The normalized spacial score (nSPS) is 16.6. The Morgan fingerprint density at radius 2 is 1.88 bits per heavy atom. The summed E-state index contributed by atoms with van der Waals surface area (Å²) in [6.07, 6.45) is 5.17. The average Bonchev–Trinajstić information content (AvgIpc) is 2.87. The fourth-order valence-corrected chi connectivity index (χ4v) is 4.40. The van der Waals surface area contributed by atoms with Gasteiger partial charge in [0.1, 0.15) is 13.2 Å². The lowest BCUT2D eigenvalue weighted by atomic mass is 10.0. The third kappa shape index (κ3) is 4.82. The van der Waals surface area contributed by atoms with Crippen molar-refractivity contribution in [3.63, 3.8) is 0 Å². The molecule has 170 valence electrons. The first-order valence-electron chi connectivity index (χ1n) is 11.3. The maximum atomic E-state index is 12.4. The summed E-state index contributed by atoms with van der Waals surface area (Å²) in [6, 6.07) is 9.77. The van der Waals surface area contributed by atoms with Crippen LogP contribution in [0.1, 0.15) is 24.1 Å². The topological polar surface area (TPSA) is 105 Å². The van der Waals surface area contributed by atoms with E-state index in [0.29, 0.717) is 49.2 Å². The quantitative estimate of drug-likeness (QED) is 0.610. The van der Waals surface area contributed by atoms with E-state index in [4.69, 9.17) is 9.47 Å². The molecule has 1 fully saturated rings. The second-order valence-corrected chi connectivity index (χ2v) is 8.38. The lowest BCUT2D eigenvalue weighted by Gasteiger charge is -2.32. The van der Waals surface area contributed by atoms with E-state index < -0.39 is 0 Å². The van der Waals surface area contributed by atoms with Crippen molar-refractivity contribution in [2.45, 2.75) is 32.0 Å². The number of hydrogen-bond donors (Lipinski definition) is 1. The van der Waals surface area contributed by atoms with Crippen LogP contribution in [0.3, 0.4) is 0 Å². The van der Waals surface area contributed by atoms with Crippen LogP contribution in [-0.2, 0) is 13.1 Å². The van der Waals surface area contributed by atoms with E-state index in [2.05, 4.69) is 26.3 Å². The molecule has 3 aromatic rings. The highest BCUT2D eigenvalue weighted by molar-refractivity contribution is 5.76. The Balaban J connectivity index is 1.14. The largest absolute Gasteiger partial charge is 0.486 e. The fraction of sp³-hybridized carbons (Fsp3) is 0.417. The van der Waals surface area contributed by atoms with E-state index in [1.165, 1.54) is 6.20 Å². The van der Waals surface area contributed by atoms with Crippen molar-refractivity contribution in [3.05, 3.63) is 58.3 Å². The van der Waals surface area contributed by atoms with E-state index in [1.807, 2.05) is 6.07 Å². The third-order valence-electron chi connectivity index (χ3n) is 6.26. The van der Waals surface area contributed by atoms with Crippen molar-refractivity contribution in [1.29, 1.82) is 5.26 Å². The van der Waals surface area contributed by atoms with Gasteiger partial charge in [-0.1, -0.05) is 0 Å². The number of nitriles is 1. The Hall–Kier alpha value is -3.48. The van der Waals surface area contributed by atoms with Gasteiger partial charge in [0.15, 0.2) is 11.5 Å². The van der Waals surface area contributed by atoms with Crippen LogP contribution in [0.5, 0.6) is 11.5 Å². The van der Waals surface area contributed by atoms with Crippen molar-refractivity contribution >= 4 is 11.0 Å². The SMILES string of the molecule is N#Cc1ccc2ncc(=O)n(CCN3CCC(NCc4cc5c(cn4)OCCO5)CC3)c2c1. The molecule has 0 amide bonds. The number of piperidine rings is 1. The summed E-state index contributed by atoms with van der Waals surface area (Å²) in [5.74, 6) is 1.48. The molecule has 2 aromatic heterocycles. The maximum Gasteiger partial charge on any atom is 0.269 e. The van der Waals surface area contributed by atoms with E-state index in [-0.39, 0.29) is 5.56 Å². The maximum absolute atomic E-state index is 12.4. The first-order valence-corrected chi connectivity index (χ1v) is 11.3. The number of nitrogens with one attached hydrogen (secondary N) is 1. The van der Waals surface area contributed by atoms with E-state index in [1.54, 1.807) is 29.0 Å². The van der Waals surface area contributed by atoms with Crippen LogP contribution >= 0.6 is 0 Å². The zero-order valence-corrected chi connectivity index (χ0v) is 18.4. The fourth-order valence-electron chi connectivity index (χ4n) is 4.40. The highest BCUT2D eigenvalue weighted by Crippen LogP contribution is 2.29. The monoisotopic (exact) mass is 446 g/mol. The van der Waals surface area contributed by atoms with Crippen LogP contribution in [-0.4, -0.2) is 58.3 Å². The van der Waals surface area contributed by atoms with Crippen LogP contribution in [0.25, 0.3) is 11.0 Å². The van der Waals surface area contributed by atoms with Gasteiger partial charge in [0, 0.05) is 31.7 Å². The molecule has 1 N–H and O–H groups in total. The van der Waals surface area contributed by atoms with E-state index >= 15 is 0 Å². The number of nitrogens with zero attached hydrogens (tertiary/aromatic N) is 5. The molecule has 0 spiro atoms. The number of likely N-dealkylation sites (tertiary alicyclic amines) is 1. The van der Waals surface area contributed by atoms with Crippen LogP contribution < -0.4 is 20.3 Å². The predicted octanol–water partition coefficient (Wildman–Crippen LogP) is 1.69. The van der Waals surface area contributed by atoms with Crippen LogP contribution in [0.4, 0.5) is 0 Å². The van der Waals surface area contributed by atoms with Gasteiger partial charge in [-0.25, -0.2) is 4.98 Å². The number of aromatic nitrogens is 3. The number of rotatable bonds is 6. The molecular weight excluding hydrogens is 420 g/mol. The summed E-state index contributed by atoms with van der Waals surface area (Å²) in [5, 5.41) is 12.8. The van der Waals surface area contributed by atoms with Crippen LogP contribution in [0.15, 0.2) is 41.5 Å². The molecule has 2 aliphatic heterocycles. The summed E-state index contributed by atoms with van der Waals surface area (Å²) < 4.78 is 12.9. The summed E-state index contributed by atoms with van der Waals surface area (Å²) in [7, 11) is 0. The molecule has 1 aromatic carbocycles. The molecule has 4 heterocycles. The zero-order chi connectivity index (χ0) is 22.6. The first kappa shape index (κ1) is 21.4. The minimum Gasteiger partial charge on any atom is -0.486 e. The molecule has 0 unspecified atom stereocenters. The lowest BCUT2D eigenvalue weighted by Crippen LogP contribution is -2.43. The van der Waals surface area contributed by atoms with Gasteiger partial charge < -0.3 is 24.3 Å². The van der Waals surface area contributed by atoms with Crippen molar-refractivity contribution in [2.75, 3.05) is 32.8 Å². The Morgan fingerprint density at radius 3 is 2.70 bits per heavy atom. The molecule has 33 heavy (non-hydrogen) atoms. The Bertz CT molecular complexity index is 1240. The van der Waals surface area contributed by atoms with Gasteiger partial charge in [0.25, 0.3) is 5.56 Å². The van der Waals surface area contributed by atoms with Crippen molar-refractivity contribution in [1.82, 2.24) is 24.8 Å². The Labute approximate surface area is 191 Å². The molecule has 2 aliphatic rings. The van der Waals surface area contributed by atoms with Gasteiger partial charge in [-0.3, -0.25) is 9.78 Å². The number of fused-ring (bicyclic) bond motifs is 2. The minimum absolute atomic E-state index is 0.138. The molecule has 0 bridgehead atoms. The number of benzene rings is 1. The number of ether oxygens (including phenoxy) is 2. The van der Waals surface area contributed by atoms with Gasteiger partial charge in [-0.15, -0.1) is 0 Å². The Morgan fingerprint density at radius 1 is 1.06 bits per heavy atom. The minimum atomic E-state index is -0.138. The second-order valence-electron chi connectivity index (χ2n) is 8.38. The standard InChI is InChI=1S/C24H26N6O3/c25-13-17-1-2-20-21(11-17)30(24(31)16-28-20)8-7-29-5-3-18(4-6-29)26-14-19-12-22-23(15-27-19)33-10-9-32-22/h1-2,11-12,15-16,18,26H,3-10,14H2. The molecule has 9 nitrogen and oxygen atoms in total. The van der Waals surface area contributed by atoms with Gasteiger partial charge in [0.2, 0.25) is 0 Å². The van der Waals surface area contributed by atoms with Gasteiger partial charge in [-0.2, -0.15) is 5.26 Å². The molecule has 9 heteroatoms. The zero-order valence-electron chi connectivity index (χ0n) is 18.4. The van der Waals surface area contributed by atoms with Crippen LogP contribution in [0, 0.1) is 11.3 Å². The molecule has 0 saturated carbocycles. The first-order chi connectivity index (χ1) is 16.2. The highest BCUT2D eigenvalue weighted by atomic mass is 16.6. The smallest absolute Gasteiger partial charge is 0.269 e. The van der Waals surface area contributed by atoms with Gasteiger partial charge in [-0.05, 0) is 44.1 Å². The van der Waals surface area contributed by atoms with Crippen molar-refractivity contribution in [3.8, 4) is 17.6 Å². The molecule has 0 aliphatic carbocycles. The van der Waals surface area contributed by atoms with Crippen LogP contribution in [0.2, 0.25) is 0 Å².